The minimum absolute atomic E-state index is 0.0694. The van der Waals surface area contributed by atoms with Gasteiger partial charge < -0.3 is 31.3 Å². The monoisotopic (exact) mass is 547 g/mol. The summed E-state index contributed by atoms with van der Waals surface area (Å²) in [4.78, 5) is 77.3. The van der Waals surface area contributed by atoms with E-state index in [1.807, 2.05) is 0 Å². The predicted octanol–water partition coefficient (Wildman–Crippen LogP) is 0.394. The van der Waals surface area contributed by atoms with Gasteiger partial charge in [-0.15, -0.1) is 0 Å². The molecule has 2 aliphatic carbocycles. The van der Waals surface area contributed by atoms with Crippen molar-refractivity contribution in [2.24, 2.45) is 28.9 Å². The fourth-order valence-corrected chi connectivity index (χ4v) is 4.98. The first-order valence-electron chi connectivity index (χ1n) is 13.3. The maximum Gasteiger partial charge on any atom is 0.325 e. The van der Waals surface area contributed by atoms with Crippen LogP contribution in [0.1, 0.15) is 60.8 Å². The highest BCUT2D eigenvalue weighted by atomic mass is 16.6. The van der Waals surface area contributed by atoms with E-state index in [0.29, 0.717) is 6.42 Å². The molecule has 12 heteroatoms. The lowest BCUT2D eigenvalue weighted by atomic mass is 9.85. The lowest BCUT2D eigenvalue weighted by molar-refractivity contribution is -0.153. The van der Waals surface area contributed by atoms with Gasteiger partial charge in [-0.25, -0.2) is 4.79 Å². The molecule has 3 fully saturated rings. The van der Waals surface area contributed by atoms with Crippen LogP contribution in [-0.4, -0.2) is 77.2 Å². The van der Waals surface area contributed by atoms with E-state index < -0.39 is 64.6 Å². The van der Waals surface area contributed by atoms with Crippen molar-refractivity contribution in [3.63, 3.8) is 0 Å². The average Bonchev–Trinajstić information content (AvgIpc) is 3.68. The molecule has 0 aromatic heterocycles. The zero-order chi connectivity index (χ0) is 29.4. The number of nitrogens with one attached hydrogen (secondary N) is 3. The van der Waals surface area contributed by atoms with Crippen LogP contribution in [0.2, 0.25) is 0 Å². The third kappa shape index (κ3) is 7.57. The van der Waals surface area contributed by atoms with E-state index in [-0.39, 0.29) is 30.8 Å². The van der Waals surface area contributed by atoms with Gasteiger partial charge in [0.1, 0.15) is 24.2 Å². The molecular formula is C27H41N5O7. The smallest absolute Gasteiger partial charge is 0.325 e. The molecule has 0 spiro atoms. The number of fused-ring (bicyclic) bond motifs is 1. The summed E-state index contributed by atoms with van der Waals surface area (Å²) in [7, 11) is 0. The number of hydrogen-bond acceptors (Lipinski definition) is 7. The van der Waals surface area contributed by atoms with Crippen molar-refractivity contribution in [1.82, 2.24) is 20.9 Å². The van der Waals surface area contributed by atoms with Gasteiger partial charge in [-0.05, 0) is 38.5 Å². The van der Waals surface area contributed by atoms with E-state index in [1.54, 1.807) is 41.5 Å². The van der Waals surface area contributed by atoms with Gasteiger partial charge in [0.25, 0.3) is 5.91 Å². The summed E-state index contributed by atoms with van der Waals surface area (Å²) < 4.78 is 5.18. The zero-order valence-electron chi connectivity index (χ0n) is 23.6. The lowest BCUT2D eigenvalue weighted by Crippen LogP contribution is -2.61. The van der Waals surface area contributed by atoms with Crippen molar-refractivity contribution in [2.75, 3.05) is 13.1 Å². The summed E-state index contributed by atoms with van der Waals surface area (Å²) in [6.45, 7) is 14.3. The topological polar surface area (TPSA) is 177 Å². The van der Waals surface area contributed by atoms with Crippen molar-refractivity contribution in [2.45, 2.75) is 84.5 Å². The fraction of sp³-hybridized carbons (Fsp3) is 0.704. The molecule has 12 nitrogen and oxygen atoms in total. The quantitative estimate of drug-likeness (QED) is 0.174. The van der Waals surface area contributed by atoms with Crippen molar-refractivity contribution in [1.29, 1.82) is 0 Å². The Morgan fingerprint density at radius 1 is 1.05 bits per heavy atom. The molecule has 1 saturated heterocycles. The van der Waals surface area contributed by atoms with Gasteiger partial charge in [-0.2, -0.15) is 0 Å². The Kier molecular flexibility index (Phi) is 8.47. The number of Topliss-reactive ketones (excluding diaryl/α,β-unsaturated/α-hetero) is 1. The summed E-state index contributed by atoms with van der Waals surface area (Å²) in [5.41, 5.74) is 4.59. The van der Waals surface area contributed by atoms with E-state index in [2.05, 4.69) is 22.5 Å². The number of ether oxygens (including phenoxy) is 1. The van der Waals surface area contributed by atoms with Crippen molar-refractivity contribution < 1.29 is 33.5 Å². The highest BCUT2D eigenvalue weighted by Gasteiger charge is 2.61. The van der Waals surface area contributed by atoms with Crippen LogP contribution < -0.4 is 21.7 Å². The molecule has 216 valence electrons. The molecule has 5 N–H and O–H groups in total. The van der Waals surface area contributed by atoms with Gasteiger partial charge in [0.2, 0.25) is 17.6 Å². The number of piperidine rings is 1. The number of carbonyl (C=O) groups excluding carboxylic acids is 6. The summed E-state index contributed by atoms with van der Waals surface area (Å²) in [6.07, 6.45) is 2.12. The minimum atomic E-state index is -1.12. The van der Waals surface area contributed by atoms with E-state index in [9.17, 15) is 28.8 Å². The van der Waals surface area contributed by atoms with Gasteiger partial charge in [0.15, 0.2) is 0 Å². The van der Waals surface area contributed by atoms with Crippen LogP contribution in [0.3, 0.4) is 0 Å². The van der Waals surface area contributed by atoms with E-state index >= 15 is 0 Å². The van der Waals surface area contributed by atoms with Gasteiger partial charge >= 0.3 is 12.0 Å². The fourth-order valence-electron chi connectivity index (χ4n) is 4.98. The second-order valence-corrected chi connectivity index (χ2v) is 12.8. The molecule has 0 aromatic carbocycles. The molecule has 0 radical (unpaired) electrons. The highest BCUT2D eigenvalue weighted by Crippen LogP contribution is 2.54. The number of nitrogens with zero attached hydrogens (tertiary/aromatic N) is 1. The molecule has 0 bridgehead atoms. The van der Waals surface area contributed by atoms with Crippen LogP contribution in [0, 0.1) is 23.2 Å². The number of esters is 1. The number of urea groups is 1. The number of likely N-dealkylation sites (tertiary alicyclic amines) is 1. The van der Waals surface area contributed by atoms with Crippen LogP contribution in [0.4, 0.5) is 4.79 Å². The highest BCUT2D eigenvalue weighted by molar-refractivity contribution is 6.37. The van der Waals surface area contributed by atoms with Gasteiger partial charge in [0, 0.05) is 18.4 Å². The van der Waals surface area contributed by atoms with Crippen molar-refractivity contribution in [3.8, 4) is 0 Å². The molecule has 39 heavy (non-hydrogen) atoms. The second-order valence-electron chi connectivity index (χ2n) is 12.8. The van der Waals surface area contributed by atoms with Crippen LogP contribution in [-0.2, 0) is 28.7 Å². The Bertz CT molecular complexity index is 1070. The van der Waals surface area contributed by atoms with Crippen LogP contribution in [0.15, 0.2) is 12.2 Å². The summed E-state index contributed by atoms with van der Waals surface area (Å²) in [5.74, 6) is -3.76. The Morgan fingerprint density at radius 2 is 1.67 bits per heavy atom. The Morgan fingerprint density at radius 3 is 2.18 bits per heavy atom. The molecule has 1 heterocycles. The molecule has 5 atom stereocenters. The van der Waals surface area contributed by atoms with Gasteiger partial charge in [0.05, 0.1) is 6.04 Å². The molecule has 1 aliphatic heterocycles. The molecule has 2 saturated carbocycles. The number of amides is 5. The maximum atomic E-state index is 13.8. The largest absolute Gasteiger partial charge is 0.459 e. The first-order valence-corrected chi connectivity index (χ1v) is 13.3. The summed E-state index contributed by atoms with van der Waals surface area (Å²) in [6, 6.07) is -3.76. The van der Waals surface area contributed by atoms with Crippen LogP contribution >= 0.6 is 0 Å². The van der Waals surface area contributed by atoms with Crippen LogP contribution in [0.5, 0.6) is 0 Å². The number of carbonyl (C=O) groups is 6. The first-order chi connectivity index (χ1) is 17.9. The van der Waals surface area contributed by atoms with Gasteiger partial charge in [-0.1, -0.05) is 45.8 Å². The summed E-state index contributed by atoms with van der Waals surface area (Å²) in [5, 5.41) is 7.73. The number of nitrogens with two attached hydrogens (primary N) is 1. The maximum absolute atomic E-state index is 13.8. The Labute approximate surface area is 228 Å². The number of rotatable bonds is 10. The lowest BCUT2D eigenvalue weighted by Gasteiger charge is -2.36. The third-order valence-corrected chi connectivity index (χ3v) is 7.19. The Balaban J connectivity index is 1.72. The molecule has 0 aromatic rings. The second kappa shape index (κ2) is 11.0. The average molecular weight is 548 g/mol. The molecule has 1 unspecified atom stereocenters. The molecule has 3 rings (SSSR count). The molecular weight excluding hydrogens is 506 g/mol. The predicted molar refractivity (Wildman–Crippen MR) is 141 cm³/mol. The third-order valence-electron chi connectivity index (χ3n) is 7.19. The van der Waals surface area contributed by atoms with E-state index in [4.69, 9.17) is 10.5 Å². The number of hydrogen-bond donors (Lipinski definition) is 4. The number of ketones is 1. The van der Waals surface area contributed by atoms with Gasteiger partial charge in [-0.3, -0.25) is 24.0 Å². The van der Waals surface area contributed by atoms with E-state index in [1.165, 1.54) is 4.90 Å². The standard InChI is InChI=1S/C27H41N5O7/c1-13-15-12-32(19(18(13)15)23(36)30-16(10-14-8-9-14)20(34)22(28)35)24(37)21(26(2,3)4)31-25(38)29-11-17(33)39-27(5,6)7/h14-16,18-19,21H,1,8-12H2,2-7H3,(H2,28,35)(H,30,36)(H2,29,31,38)/t15-,16?,18+,19+,21-/m1/s1. The first kappa shape index (κ1) is 30.1. The Hall–Kier alpha value is -3.44. The molecule has 3 aliphatic rings. The van der Waals surface area contributed by atoms with Crippen molar-refractivity contribution >= 4 is 35.5 Å². The number of primary amides is 1. The normalized spacial score (nSPS) is 23.7. The zero-order valence-corrected chi connectivity index (χ0v) is 23.6. The van der Waals surface area contributed by atoms with E-state index in [0.717, 1.165) is 18.4 Å². The SMILES string of the molecule is C=C1[C@H]2[C@@H]1CN(C(=O)[C@@H](NC(=O)NCC(=O)OC(C)(C)C)C(C)(C)C)[C@@H]2C(=O)NC(CC1CC1)C(=O)C(N)=O. The summed E-state index contributed by atoms with van der Waals surface area (Å²) >= 11 is 0. The van der Waals surface area contributed by atoms with Crippen LogP contribution in [0.25, 0.3) is 0 Å². The molecule has 5 amide bonds. The van der Waals surface area contributed by atoms with Crippen molar-refractivity contribution in [3.05, 3.63) is 12.2 Å². The minimum Gasteiger partial charge on any atom is -0.459 e.